The Bertz CT molecular complexity index is 1220. The first-order valence-corrected chi connectivity index (χ1v) is 11.2. The third-order valence-electron chi connectivity index (χ3n) is 5.19. The van der Waals surface area contributed by atoms with E-state index in [1.165, 1.54) is 0 Å². The van der Waals surface area contributed by atoms with Crippen LogP contribution in [-0.2, 0) is 4.74 Å². The summed E-state index contributed by atoms with van der Waals surface area (Å²) in [5.41, 5.74) is 1.67. The van der Waals surface area contributed by atoms with E-state index < -0.39 is 17.5 Å². The molecule has 4 rings (SSSR count). The number of hydrogen-bond acceptors (Lipinski definition) is 7. The first-order chi connectivity index (χ1) is 16.1. The van der Waals surface area contributed by atoms with Crippen LogP contribution >= 0.6 is 11.6 Å². The number of anilines is 3. The summed E-state index contributed by atoms with van der Waals surface area (Å²) in [5.74, 6) is 0.519. The minimum atomic E-state index is -0.602. The number of carbonyl (C=O) groups excluding carboxylic acids is 1. The number of rotatable bonds is 5. The molecule has 0 bridgehead atoms. The van der Waals surface area contributed by atoms with Crippen LogP contribution in [0.15, 0.2) is 42.7 Å². The topological polar surface area (TPSA) is 101 Å². The van der Waals surface area contributed by atoms with Crippen LogP contribution in [0.4, 0.5) is 26.5 Å². The van der Waals surface area contributed by atoms with Gasteiger partial charge in [0.05, 0.1) is 23.2 Å². The van der Waals surface area contributed by atoms with Gasteiger partial charge in [-0.1, -0.05) is 23.7 Å². The number of hydrogen-bond donors (Lipinski definition) is 3. The summed E-state index contributed by atoms with van der Waals surface area (Å²) in [6.07, 6.45) is 2.19. The average molecular weight is 485 g/mol. The Morgan fingerprint density at radius 2 is 2.06 bits per heavy atom. The Kier molecular flexibility index (Phi) is 6.56. The first-order valence-electron chi connectivity index (χ1n) is 10.9. The van der Waals surface area contributed by atoms with Crippen molar-refractivity contribution < 1.29 is 13.9 Å². The fourth-order valence-corrected chi connectivity index (χ4v) is 3.82. The number of benzene rings is 1. The van der Waals surface area contributed by atoms with Crippen molar-refractivity contribution in [3.8, 4) is 0 Å². The number of nitrogens with zero attached hydrogens (tertiary/aromatic N) is 3. The SMILES string of the molecule is C[C@H](Nc1nc(C2CNc3ncc(Cl)cc32)ncc1F)c1cccc(NC(=O)OC(C)(C)C)c1. The molecule has 0 saturated heterocycles. The molecule has 0 aliphatic carbocycles. The lowest BCUT2D eigenvalue weighted by atomic mass is 10.0. The van der Waals surface area contributed by atoms with Gasteiger partial charge in [-0.05, 0) is 51.5 Å². The molecular weight excluding hydrogens is 459 g/mol. The van der Waals surface area contributed by atoms with Crippen LogP contribution in [-0.4, -0.2) is 33.2 Å². The van der Waals surface area contributed by atoms with Gasteiger partial charge < -0.3 is 15.4 Å². The smallest absolute Gasteiger partial charge is 0.412 e. The van der Waals surface area contributed by atoms with Gasteiger partial charge in [-0.15, -0.1) is 0 Å². The summed E-state index contributed by atoms with van der Waals surface area (Å²) in [4.78, 5) is 25.0. The number of amides is 1. The maximum absolute atomic E-state index is 14.6. The van der Waals surface area contributed by atoms with Gasteiger partial charge in [0, 0.05) is 24.0 Å². The van der Waals surface area contributed by atoms with E-state index in [4.69, 9.17) is 16.3 Å². The molecule has 1 aromatic carbocycles. The summed E-state index contributed by atoms with van der Waals surface area (Å²) in [6.45, 7) is 7.81. The highest BCUT2D eigenvalue weighted by Crippen LogP contribution is 2.35. The molecule has 0 fully saturated rings. The van der Waals surface area contributed by atoms with E-state index in [9.17, 15) is 9.18 Å². The summed E-state index contributed by atoms with van der Waals surface area (Å²) in [6, 6.07) is 8.75. The first kappa shape index (κ1) is 23.7. The van der Waals surface area contributed by atoms with Crippen molar-refractivity contribution in [3.63, 3.8) is 0 Å². The standard InChI is InChI=1S/C24H26ClFN6O2/c1-13(14-6-5-7-16(8-14)31-23(33)34-24(2,3)4)30-22-19(26)12-29-21(32-22)18-11-28-20-17(18)9-15(25)10-27-20/h5-10,12-13,18H,11H2,1-4H3,(H,27,28)(H,31,33)(H,29,30,32)/t13-,18?/m0/s1. The van der Waals surface area contributed by atoms with Crippen molar-refractivity contribution in [3.05, 3.63) is 70.5 Å². The van der Waals surface area contributed by atoms with E-state index in [0.29, 0.717) is 23.1 Å². The van der Waals surface area contributed by atoms with E-state index in [0.717, 1.165) is 23.1 Å². The molecule has 178 valence electrons. The highest BCUT2D eigenvalue weighted by Gasteiger charge is 2.28. The molecule has 1 aliphatic heterocycles. The Morgan fingerprint density at radius 1 is 1.26 bits per heavy atom. The van der Waals surface area contributed by atoms with Gasteiger partial charge in [0.15, 0.2) is 11.6 Å². The lowest BCUT2D eigenvalue weighted by Crippen LogP contribution is -2.27. The van der Waals surface area contributed by atoms with Crippen LogP contribution in [0.25, 0.3) is 0 Å². The van der Waals surface area contributed by atoms with Crippen LogP contribution < -0.4 is 16.0 Å². The fourth-order valence-electron chi connectivity index (χ4n) is 3.65. The van der Waals surface area contributed by atoms with Gasteiger partial charge >= 0.3 is 6.09 Å². The third kappa shape index (κ3) is 5.53. The molecule has 2 aromatic heterocycles. The summed E-state index contributed by atoms with van der Waals surface area (Å²) < 4.78 is 19.9. The van der Waals surface area contributed by atoms with Crippen LogP contribution in [0.1, 0.15) is 56.6 Å². The lowest BCUT2D eigenvalue weighted by molar-refractivity contribution is 0.0636. The van der Waals surface area contributed by atoms with Gasteiger partial charge in [-0.3, -0.25) is 5.32 Å². The largest absolute Gasteiger partial charge is 0.444 e. The summed E-state index contributed by atoms with van der Waals surface area (Å²) in [5, 5.41) is 9.55. The lowest BCUT2D eigenvalue weighted by Gasteiger charge is -2.20. The molecular formula is C24H26ClFN6O2. The summed E-state index contributed by atoms with van der Waals surface area (Å²) in [7, 11) is 0. The molecule has 1 unspecified atom stereocenters. The molecule has 1 amide bonds. The minimum absolute atomic E-state index is 0.0893. The van der Waals surface area contributed by atoms with E-state index in [-0.39, 0.29) is 17.8 Å². The zero-order valence-corrected chi connectivity index (χ0v) is 20.1. The normalized spacial score (nSPS) is 15.8. The number of carbonyl (C=O) groups is 1. The van der Waals surface area contributed by atoms with Crippen LogP contribution in [0.2, 0.25) is 5.02 Å². The Hall–Kier alpha value is -3.46. The van der Waals surface area contributed by atoms with Crippen molar-refractivity contribution in [2.75, 3.05) is 22.5 Å². The zero-order chi connectivity index (χ0) is 24.5. The molecule has 34 heavy (non-hydrogen) atoms. The molecule has 0 spiro atoms. The molecule has 1 aliphatic rings. The molecule has 0 radical (unpaired) electrons. The van der Waals surface area contributed by atoms with Crippen LogP contribution in [0.3, 0.4) is 0 Å². The van der Waals surface area contributed by atoms with Crippen LogP contribution in [0.5, 0.6) is 0 Å². The zero-order valence-electron chi connectivity index (χ0n) is 19.3. The number of pyridine rings is 1. The predicted octanol–water partition coefficient (Wildman–Crippen LogP) is 5.74. The Labute approximate surface area is 202 Å². The number of ether oxygens (including phenoxy) is 1. The quantitative estimate of drug-likeness (QED) is 0.424. The van der Waals surface area contributed by atoms with Crippen molar-refractivity contribution in [1.29, 1.82) is 0 Å². The average Bonchev–Trinajstić information content (AvgIpc) is 3.17. The molecule has 0 saturated carbocycles. The highest BCUT2D eigenvalue weighted by molar-refractivity contribution is 6.30. The van der Waals surface area contributed by atoms with Crippen molar-refractivity contribution in [2.45, 2.75) is 45.3 Å². The maximum atomic E-state index is 14.6. The van der Waals surface area contributed by atoms with E-state index in [2.05, 4.69) is 30.9 Å². The maximum Gasteiger partial charge on any atom is 0.412 e. The van der Waals surface area contributed by atoms with E-state index in [1.54, 1.807) is 45.2 Å². The van der Waals surface area contributed by atoms with Gasteiger partial charge in [-0.25, -0.2) is 24.1 Å². The second kappa shape index (κ2) is 9.42. The molecule has 3 heterocycles. The van der Waals surface area contributed by atoms with E-state index >= 15 is 0 Å². The van der Waals surface area contributed by atoms with Crippen LogP contribution in [0, 0.1) is 5.82 Å². The number of nitrogens with one attached hydrogen (secondary N) is 3. The number of fused-ring (bicyclic) bond motifs is 1. The van der Waals surface area contributed by atoms with Gasteiger partial charge in [-0.2, -0.15) is 0 Å². The fraction of sp³-hybridized carbons (Fsp3) is 0.333. The minimum Gasteiger partial charge on any atom is -0.444 e. The van der Waals surface area contributed by atoms with Crippen molar-refractivity contribution in [2.24, 2.45) is 0 Å². The second-order valence-electron chi connectivity index (χ2n) is 9.07. The monoisotopic (exact) mass is 484 g/mol. The molecule has 2 atom stereocenters. The third-order valence-corrected chi connectivity index (χ3v) is 5.40. The highest BCUT2D eigenvalue weighted by atomic mass is 35.5. The molecule has 10 heteroatoms. The predicted molar refractivity (Wildman–Crippen MR) is 130 cm³/mol. The van der Waals surface area contributed by atoms with Crippen molar-refractivity contribution >= 4 is 35.0 Å². The van der Waals surface area contributed by atoms with Gasteiger partial charge in [0.25, 0.3) is 0 Å². The summed E-state index contributed by atoms with van der Waals surface area (Å²) >= 11 is 6.11. The van der Waals surface area contributed by atoms with Gasteiger partial charge in [0.1, 0.15) is 17.2 Å². The molecule has 3 N–H and O–H groups in total. The van der Waals surface area contributed by atoms with Crippen molar-refractivity contribution in [1.82, 2.24) is 15.0 Å². The molecule has 8 nitrogen and oxygen atoms in total. The number of aromatic nitrogens is 3. The van der Waals surface area contributed by atoms with E-state index in [1.807, 2.05) is 19.1 Å². The second-order valence-corrected chi connectivity index (χ2v) is 9.50. The number of halogens is 2. The Morgan fingerprint density at radius 3 is 2.82 bits per heavy atom. The Balaban J connectivity index is 1.51. The molecule has 3 aromatic rings. The van der Waals surface area contributed by atoms with Gasteiger partial charge in [0.2, 0.25) is 0 Å².